The first-order chi connectivity index (χ1) is 14.2. The topological polar surface area (TPSA) is 71.7 Å². The van der Waals surface area contributed by atoms with E-state index in [2.05, 4.69) is 40.2 Å². The monoisotopic (exact) mass is 412 g/mol. The van der Waals surface area contributed by atoms with E-state index in [4.69, 9.17) is 9.26 Å². The van der Waals surface area contributed by atoms with Crippen molar-refractivity contribution in [2.24, 2.45) is 5.92 Å². The number of fused-ring (bicyclic) bond motifs is 1. The molecule has 1 aromatic carbocycles. The van der Waals surface area contributed by atoms with E-state index in [1.165, 1.54) is 29.9 Å². The lowest BCUT2D eigenvalue weighted by Crippen LogP contribution is -2.40. The fraction of sp³-hybridized carbons (Fsp3) is 0.476. The van der Waals surface area contributed by atoms with E-state index < -0.39 is 0 Å². The summed E-state index contributed by atoms with van der Waals surface area (Å²) in [5.41, 5.74) is 2.63. The number of amides is 1. The molecule has 3 aromatic rings. The molecule has 2 aromatic heterocycles. The van der Waals surface area contributed by atoms with Crippen LogP contribution in [0.3, 0.4) is 0 Å². The summed E-state index contributed by atoms with van der Waals surface area (Å²) in [7, 11) is 0. The lowest BCUT2D eigenvalue weighted by Gasteiger charge is -2.32. The highest BCUT2D eigenvalue weighted by Gasteiger charge is 2.23. The van der Waals surface area contributed by atoms with Gasteiger partial charge in [0, 0.05) is 37.9 Å². The quantitative estimate of drug-likeness (QED) is 0.654. The number of aromatic nitrogens is 2. The Morgan fingerprint density at radius 3 is 2.76 bits per heavy atom. The van der Waals surface area contributed by atoms with Gasteiger partial charge in [0.2, 0.25) is 0 Å². The fourth-order valence-electron chi connectivity index (χ4n) is 3.95. The van der Waals surface area contributed by atoms with Crippen LogP contribution in [-0.4, -0.2) is 60.3 Å². The van der Waals surface area contributed by atoms with Crippen molar-refractivity contribution in [3.63, 3.8) is 0 Å². The van der Waals surface area contributed by atoms with Gasteiger partial charge in [-0.1, -0.05) is 12.1 Å². The minimum absolute atomic E-state index is 0.00598. The summed E-state index contributed by atoms with van der Waals surface area (Å²) in [6.07, 6.45) is 4.08. The van der Waals surface area contributed by atoms with Crippen LogP contribution < -0.4 is 4.90 Å². The lowest BCUT2D eigenvalue weighted by molar-refractivity contribution is 0.0306. The van der Waals surface area contributed by atoms with Gasteiger partial charge in [-0.05, 0) is 30.9 Å². The third kappa shape index (κ3) is 3.62. The Balaban J connectivity index is 1.38. The maximum absolute atomic E-state index is 12.7. The number of nitrogens with zero attached hydrogens (tertiary/aromatic N) is 4. The Kier molecular flexibility index (Phi) is 4.97. The average Bonchev–Trinajstić information content (AvgIpc) is 3.41. The van der Waals surface area contributed by atoms with E-state index in [9.17, 15) is 4.79 Å². The van der Waals surface area contributed by atoms with E-state index in [0.717, 1.165) is 30.0 Å². The summed E-state index contributed by atoms with van der Waals surface area (Å²) in [5, 5.41) is 5.90. The molecule has 2 aliphatic heterocycles. The molecule has 7 nitrogen and oxygen atoms in total. The second-order valence-corrected chi connectivity index (χ2v) is 8.85. The molecule has 0 saturated carbocycles. The molecule has 0 radical (unpaired) electrons. The van der Waals surface area contributed by atoms with E-state index in [1.54, 1.807) is 6.20 Å². The maximum atomic E-state index is 12.7. The summed E-state index contributed by atoms with van der Waals surface area (Å²) < 4.78 is 10.9. The third-order valence-electron chi connectivity index (χ3n) is 5.82. The van der Waals surface area contributed by atoms with Gasteiger partial charge in [0.25, 0.3) is 5.91 Å². The number of rotatable bonds is 3. The number of morpholine rings is 1. The number of piperidine rings is 1. The summed E-state index contributed by atoms with van der Waals surface area (Å²) in [5.74, 6) is 0.803. The molecule has 0 spiro atoms. The highest BCUT2D eigenvalue weighted by molar-refractivity contribution is 7.17. The van der Waals surface area contributed by atoms with Crippen molar-refractivity contribution in [3.05, 3.63) is 29.3 Å². The van der Waals surface area contributed by atoms with Gasteiger partial charge in [-0.15, -0.1) is 11.3 Å². The van der Waals surface area contributed by atoms with Gasteiger partial charge >= 0.3 is 0 Å². The van der Waals surface area contributed by atoms with Gasteiger partial charge in [0.1, 0.15) is 15.6 Å². The molecule has 0 atom stereocenters. The number of thiazole rings is 1. The molecule has 2 saturated heterocycles. The van der Waals surface area contributed by atoms with Crippen LogP contribution in [0.1, 0.15) is 29.4 Å². The Morgan fingerprint density at radius 2 is 1.97 bits per heavy atom. The number of anilines is 1. The second-order valence-electron chi connectivity index (χ2n) is 7.82. The predicted molar refractivity (Wildman–Crippen MR) is 112 cm³/mol. The zero-order valence-corrected chi connectivity index (χ0v) is 17.3. The molecular formula is C21H24N4O3S. The van der Waals surface area contributed by atoms with Crippen LogP contribution in [0.15, 0.2) is 28.9 Å². The van der Waals surface area contributed by atoms with Gasteiger partial charge in [0.05, 0.1) is 24.8 Å². The molecule has 29 heavy (non-hydrogen) atoms. The van der Waals surface area contributed by atoms with Crippen molar-refractivity contribution < 1.29 is 14.1 Å². The summed E-state index contributed by atoms with van der Waals surface area (Å²) in [6.45, 7) is 6.89. The SMILES string of the molecule is CC1CCN(c2ccc3c(-c4ncc(C(=O)N5CCOCC5)s4)noc3c2)CC1. The molecule has 0 aliphatic carbocycles. The van der Waals surface area contributed by atoms with Crippen LogP contribution in [0.25, 0.3) is 21.7 Å². The van der Waals surface area contributed by atoms with Gasteiger partial charge in [-0.2, -0.15) is 0 Å². The number of carbonyl (C=O) groups is 1. The fourth-order valence-corrected chi connectivity index (χ4v) is 4.83. The largest absolute Gasteiger partial charge is 0.378 e. The van der Waals surface area contributed by atoms with E-state index in [-0.39, 0.29) is 5.91 Å². The summed E-state index contributed by atoms with van der Waals surface area (Å²) in [6, 6.07) is 6.25. The Bertz CT molecular complexity index is 1020. The van der Waals surface area contributed by atoms with E-state index in [1.807, 2.05) is 4.90 Å². The van der Waals surface area contributed by atoms with Crippen molar-refractivity contribution in [1.29, 1.82) is 0 Å². The van der Waals surface area contributed by atoms with Crippen LogP contribution in [0, 0.1) is 5.92 Å². The van der Waals surface area contributed by atoms with Crippen molar-refractivity contribution in [3.8, 4) is 10.7 Å². The Hall–Kier alpha value is -2.45. The van der Waals surface area contributed by atoms with Crippen molar-refractivity contribution in [2.75, 3.05) is 44.3 Å². The smallest absolute Gasteiger partial charge is 0.265 e. The molecule has 2 aliphatic rings. The molecule has 4 heterocycles. The van der Waals surface area contributed by atoms with Crippen LogP contribution in [-0.2, 0) is 4.74 Å². The van der Waals surface area contributed by atoms with E-state index >= 15 is 0 Å². The minimum atomic E-state index is 0.00598. The normalized spacial score (nSPS) is 18.5. The number of ether oxygens (including phenoxy) is 1. The maximum Gasteiger partial charge on any atom is 0.265 e. The number of hydrogen-bond donors (Lipinski definition) is 0. The highest BCUT2D eigenvalue weighted by Crippen LogP contribution is 2.34. The van der Waals surface area contributed by atoms with E-state index in [0.29, 0.717) is 41.9 Å². The summed E-state index contributed by atoms with van der Waals surface area (Å²) in [4.78, 5) is 22.0. The van der Waals surface area contributed by atoms with Gasteiger partial charge in [-0.3, -0.25) is 4.79 Å². The number of hydrogen-bond acceptors (Lipinski definition) is 7. The van der Waals surface area contributed by atoms with Crippen molar-refractivity contribution in [1.82, 2.24) is 15.0 Å². The third-order valence-corrected chi connectivity index (χ3v) is 6.81. The van der Waals surface area contributed by atoms with Crippen molar-refractivity contribution >= 4 is 33.9 Å². The molecule has 0 N–H and O–H groups in total. The first-order valence-corrected chi connectivity index (χ1v) is 11.0. The molecule has 2 fully saturated rings. The molecule has 1 amide bonds. The summed E-state index contributed by atoms with van der Waals surface area (Å²) >= 11 is 1.36. The average molecular weight is 413 g/mol. The number of benzene rings is 1. The zero-order valence-electron chi connectivity index (χ0n) is 16.5. The first-order valence-electron chi connectivity index (χ1n) is 10.2. The Labute approximate surface area is 173 Å². The molecule has 5 rings (SSSR count). The molecule has 0 unspecified atom stereocenters. The van der Waals surface area contributed by atoms with Crippen LogP contribution in [0.5, 0.6) is 0 Å². The van der Waals surface area contributed by atoms with Crippen molar-refractivity contribution in [2.45, 2.75) is 19.8 Å². The zero-order chi connectivity index (χ0) is 19.8. The second kappa shape index (κ2) is 7.76. The lowest BCUT2D eigenvalue weighted by atomic mass is 9.99. The van der Waals surface area contributed by atoms with Gasteiger partial charge in [0.15, 0.2) is 5.58 Å². The Morgan fingerprint density at radius 1 is 1.17 bits per heavy atom. The van der Waals surface area contributed by atoms with Crippen LogP contribution >= 0.6 is 11.3 Å². The predicted octanol–water partition coefficient (Wildman–Crippen LogP) is 3.66. The molecule has 0 bridgehead atoms. The molecule has 152 valence electrons. The van der Waals surface area contributed by atoms with Gasteiger partial charge < -0.3 is 19.1 Å². The highest BCUT2D eigenvalue weighted by atomic mass is 32.1. The standard InChI is InChI=1S/C21H24N4O3S/c1-14-4-6-24(7-5-14)15-2-3-16-17(12-15)28-23-19(16)20-22-13-18(29-20)21(26)25-8-10-27-11-9-25/h2-3,12-14H,4-11H2,1H3. The minimum Gasteiger partial charge on any atom is -0.378 e. The first kappa shape index (κ1) is 18.6. The molecule has 8 heteroatoms. The number of carbonyl (C=O) groups excluding carboxylic acids is 1. The molecular weight excluding hydrogens is 388 g/mol. The van der Waals surface area contributed by atoms with Gasteiger partial charge in [-0.25, -0.2) is 4.98 Å². The van der Waals surface area contributed by atoms with Crippen LogP contribution in [0.4, 0.5) is 5.69 Å². The van der Waals surface area contributed by atoms with Crippen LogP contribution in [0.2, 0.25) is 0 Å².